The third-order valence-corrected chi connectivity index (χ3v) is 5.34. The number of hydrogen-bond donors (Lipinski definition) is 1. The van der Waals surface area contributed by atoms with Crippen LogP contribution in [0.3, 0.4) is 0 Å². The van der Waals surface area contributed by atoms with Gasteiger partial charge in [-0.2, -0.15) is 0 Å². The number of thiophene rings is 2. The number of nitrogens with zero attached hydrogens (tertiary/aromatic N) is 1. The summed E-state index contributed by atoms with van der Waals surface area (Å²) in [6, 6.07) is 15.3. The van der Waals surface area contributed by atoms with Crippen LogP contribution in [0.5, 0.6) is 0 Å². The van der Waals surface area contributed by atoms with Crippen molar-refractivity contribution in [2.75, 3.05) is 0 Å². The Morgan fingerprint density at radius 1 is 1.05 bits per heavy atom. The van der Waals surface area contributed by atoms with Gasteiger partial charge in [0, 0.05) is 34.5 Å². The number of rotatable bonds is 6. The largest absolute Gasteiger partial charge is 0.301 e. The van der Waals surface area contributed by atoms with Gasteiger partial charge < -0.3 is 5.32 Å². The van der Waals surface area contributed by atoms with Crippen molar-refractivity contribution in [3.05, 3.63) is 74.9 Å². The van der Waals surface area contributed by atoms with Crippen LogP contribution < -0.4 is 5.32 Å². The van der Waals surface area contributed by atoms with Crippen molar-refractivity contribution in [2.24, 2.45) is 0 Å². The van der Waals surface area contributed by atoms with Crippen molar-refractivity contribution in [1.82, 2.24) is 10.3 Å². The van der Waals surface area contributed by atoms with Crippen molar-refractivity contribution >= 4 is 22.7 Å². The van der Waals surface area contributed by atoms with Gasteiger partial charge in [-0.3, -0.25) is 4.98 Å². The van der Waals surface area contributed by atoms with Crippen LogP contribution >= 0.6 is 22.7 Å². The second-order valence-corrected chi connectivity index (χ2v) is 7.01. The van der Waals surface area contributed by atoms with Crippen LogP contribution in [0.15, 0.2) is 59.4 Å². The summed E-state index contributed by atoms with van der Waals surface area (Å²) in [5, 5.41) is 8.01. The Hall–Kier alpha value is -1.49. The first-order chi connectivity index (χ1) is 10.3. The average Bonchev–Trinajstić information content (AvgIpc) is 3.21. The zero-order chi connectivity index (χ0) is 14.5. The van der Waals surface area contributed by atoms with Crippen LogP contribution in [0.2, 0.25) is 0 Å². The molecule has 0 aliphatic rings. The SMILES string of the molecule is C[C@H](NC(Cc1cccs1)c1cccs1)c1ccccn1. The van der Waals surface area contributed by atoms with Gasteiger partial charge in [0.05, 0.1) is 5.69 Å². The molecule has 3 aromatic heterocycles. The minimum Gasteiger partial charge on any atom is -0.301 e. The molecular formula is C17H18N2S2. The molecular weight excluding hydrogens is 296 g/mol. The maximum atomic E-state index is 4.45. The van der Waals surface area contributed by atoms with E-state index in [0.29, 0.717) is 6.04 Å². The lowest BCUT2D eigenvalue weighted by atomic mass is 10.1. The maximum Gasteiger partial charge on any atom is 0.0570 e. The Bertz CT molecular complexity index is 633. The van der Waals surface area contributed by atoms with Crippen LogP contribution in [0.1, 0.15) is 34.5 Å². The highest BCUT2D eigenvalue weighted by Crippen LogP contribution is 2.27. The Morgan fingerprint density at radius 3 is 2.57 bits per heavy atom. The minimum atomic E-state index is 0.235. The molecule has 0 fully saturated rings. The van der Waals surface area contributed by atoms with E-state index in [4.69, 9.17) is 0 Å². The van der Waals surface area contributed by atoms with E-state index in [-0.39, 0.29) is 6.04 Å². The molecule has 0 bridgehead atoms. The van der Waals surface area contributed by atoms with Gasteiger partial charge in [0.15, 0.2) is 0 Å². The third-order valence-electron chi connectivity index (χ3n) is 3.45. The molecule has 0 aliphatic heterocycles. The Kier molecular flexibility index (Phi) is 4.80. The summed E-state index contributed by atoms with van der Waals surface area (Å²) >= 11 is 3.63. The van der Waals surface area contributed by atoms with Crippen molar-refractivity contribution in [3.8, 4) is 0 Å². The fraction of sp³-hybridized carbons (Fsp3) is 0.235. The van der Waals surface area contributed by atoms with Gasteiger partial charge in [0.25, 0.3) is 0 Å². The number of pyridine rings is 1. The average molecular weight is 314 g/mol. The fourth-order valence-electron chi connectivity index (χ4n) is 2.38. The highest BCUT2D eigenvalue weighted by atomic mass is 32.1. The van der Waals surface area contributed by atoms with Crippen LogP contribution in [0.25, 0.3) is 0 Å². The van der Waals surface area contributed by atoms with Gasteiger partial charge in [0.1, 0.15) is 0 Å². The Labute approximate surface area is 133 Å². The van der Waals surface area contributed by atoms with Gasteiger partial charge in [-0.25, -0.2) is 0 Å². The molecule has 0 aromatic carbocycles. The fourth-order valence-corrected chi connectivity index (χ4v) is 3.92. The smallest absolute Gasteiger partial charge is 0.0570 e. The highest BCUT2D eigenvalue weighted by Gasteiger charge is 2.17. The van der Waals surface area contributed by atoms with Gasteiger partial charge in [-0.15, -0.1) is 22.7 Å². The van der Waals surface area contributed by atoms with Crippen molar-refractivity contribution in [1.29, 1.82) is 0 Å². The first kappa shape index (κ1) is 14.4. The summed E-state index contributed by atoms with van der Waals surface area (Å²) in [5.74, 6) is 0. The van der Waals surface area contributed by atoms with Gasteiger partial charge in [-0.05, 0) is 41.9 Å². The lowest BCUT2D eigenvalue weighted by Crippen LogP contribution is -2.26. The van der Waals surface area contributed by atoms with Crippen LogP contribution in [-0.4, -0.2) is 4.98 Å². The molecule has 1 unspecified atom stereocenters. The van der Waals surface area contributed by atoms with Gasteiger partial charge in [0.2, 0.25) is 0 Å². The first-order valence-corrected chi connectivity index (χ1v) is 8.81. The summed E-state index contributed by atoms with van der Waals surface area (Å²) in [6.45, 7) is 2.18. The molecule has 2 atom stereocenters. The van der Waals surface area contributed by atoms with Gasteiger partial charge in [-0.1, -0.05) is 18.2 Å². The van der Waals surface area contributed by atoms with E-state index in [0.717, 1.165) is 12.1 Å². The lowest BCUT2D eigenvalue weighted by Gasteiger charge is -2.22. The van der Waals surface area contributed by atoms with E-state index < -0.39 is 0 Å². The molecule has 0 spiro atoms. The molecule has 0 amide bonds. The van der Waals surface area contributed by atoms with Crippen LogP contribution in [0.4, 0.5) is 0 Å². The highest BCUT2D eigenvalue weighted by molar-refractivity contribution is 7.10. The third kappa shape index (κ3) is 3.79. The standard InChI is InChI=1S/C17H18N2S2/c1-13(15-7-2-3-9-18-15)19-16(17-8-5-11-21-17)12-14-6-4-10-20-14/h2-11,13,16,19H,12H2,1H3/t13-,16?/m0/s1. The van der Waals surface area contributed by atoms with E-state index in [1.807, 2.05) is 41.0 Å². The molecule has 3 heterocycles. The molecule has 3 aromatic rings. The second kappa shape index (κ2) is 6.98. The van der Waals surface area contributed by atoms with Gasteiger partial charge >= 0.3 is 0 Å². The molecule has 21 heavy (non-hydrogen) atoms. The van der Waals surface area contributed by atoms with E-state index in [1.54, 1.807) is 0 Å². The Morgan fingerprint density at radius 2 is 1.90 bits per heavy atom. The summed E-state index contributed by atoms with van der Waals surface area (Å²) in [7, 11) is 0. The van der Waals surface area contributed by atoms with Crippen LogP contribution in [-0.2, 0) is 6.42 Å². The minimum absolute atomic E-state index is 0.235. The molecule has 4 heteroatoms. The molecule has 2 nitrogen and oxygen atoms in total. The molecule has 0 aliphatic carbocycles. The van der Waals surface area contributed by atoms with Crippen LogP contribution in [0, 0.1) is 0 Å². The summed E-state index contributed by atoms with van der Waals surface area (Å²) in [6.07, 6.45) is 2.88. The number of aromatic nitrogens is 1. The summed E-state index contributed by atoms with van der Waals surface area (Å²) in [5.41, 5.74) is 1.09. The molecule has 1 N–H and O–H groups in total. The topological polar surface area (TPSA) is 24.9 Å². The molecule has 108 valence electrons. The van der Waals surface area contributed by atoms with Crippen molar-refractivity contribution in [2.45, 2.75) is 25.4 Å². The number of nitrogens with one attached hydrogen (secondary N) is 1. The molecule has 0 saturated carbocycles. The number of hydrogen-bond acceptors (Lipinski definition) is 4. The van der Waals surface area contributed by atoms with E-state index in [1.165, 1.54) is 9.75 Å². The summed E-state index contributed by atoms with van der Waals surface area (Å²) in [4.78, 5) is 7.25. The quantitative estimate of drug-likeness (QED) is 0.704. The molecule has 0 saturated heterocycles. The molecule has 3 rings (SSSR count). The van der Waals surface area contributed by atoms with Crippen molar-refractivity contribution < 1.29 is 0 Å². The Balaban J connectivity index is 1.76. The zero-order valence-corrected chi connectivity index (χ0v) is 13.5. The second-order valence-electron chi connectivity index (χ2n) is 4.99. The molecule has 0 radical (unpaired) electrons. The zero-order valence-electron chi connectivity index (χ0n) is 11.9. The summed E-state index contributed by atoms with van der Waals surface area (Å²) < 4.78 is 0. The van der Waals surface area contributed by atoms with Crippen molar-refractivity contribution in [3.63, 3.8) is 0 Å². The first-order valence-electron chi connectivity index (χ1n) is 7.05. The normalized spacial score (nSPS) is 14.0. The predicted molar refractivity (Wildman–Crippen MR) is 90.9 cm³/mol. The van der Waals surface area contributed by atoms with E-state index in [2.05, 4.69) is 58.3 Å². The van der Waals surface area contributed by atoms with E-state index >= 15 is 0 Å². The lowest BCUT2D eigenvalue weighted by molar-refractivity contribution is 0.465. The maximum absolute atomic E-state index is 4.45. The van der Waals surface area contributed by atoms with E-state index in [9.17, 15) is 0 Å². The predicted octanol–water partition coefficient (Wildman–Crippen LogP) is 4.84. The monoisotopic (exact) mass is 314 g/mol.